The third-order valence-corrected chi connectivity index (χ3v) is 5.85. The van der Waals surface area contributed by atoms with E-state index in [4.69, 9.17) is 23.7 Å². The quantitative estimate of drug-likeness (QED) is 0.162. The van der Waals surface area contributed by atoms with Crippen LogP contribution >= 0.6 is 0 Å². The number of carbonyl (C=O) groups excluding carboxylic acids is 3. The predicted octanol–water partition coefficient (Wildman–Crippen LogP) is 4.56. The molecule has 0 saturated carbocycles. The van der Waals surface area contributed by atoms with Gasteiger partial charge < -0.3 is 23.7 Å². The molecule has 4 rings (SSSR count). The van der Waals surface area contributed by atoms with E-state index in [9.17, 15) is 14.4 Å². The molecule has 8 nitrogen and oxygen atoms in total. The first-order valence-corrected chi connectivity index (χ1v) is 12.2. The van der Waals surface area contributed by atoms with Gasteiger partial charge in [-0.05, 0) is 36.4 Å². The summed E-state index contributed by atoms with van der Waals surface area (Å²) in [5.41, 5.74) is 0.517. The van der Waals surface area contributed by atoms with Crippen LogP contribution in [0.5, 0.6) is 0 Å². The largest absolute Gasteiger partial charge is 0.452 e. The number of benzene rings is 3. The van der Waals surface area contributed by atoms with Crippen molar-refractivity contribution in [1.82, 2.24) is 0 Å². The van der Waals surface area contributed by atoms with Crippen molar-refractivity contribution in [1.29, 1.82) is 0 Å². The first-order chi connectivity index (χ1) is 19.0. The molecule has 39 heavy (non-hydrogen) atoms. The highest BCUT2D eigenvalue weighted by molar-refractivity contribution is 5.91. The normalized spacial score (nSPS) is 22.3. The summed E-state index contributed by atoms with van der Waals surface area (Å²) in [6.07, 6.45) is -6.66. The molecule has 5 atom stereocenters. The molecule has 9 heteroatoms. The van der Waals surface area contributed by atoms with Crippen molar-refractivity contribution in [3.05, 3.63) is 120 Å². The number of halogens is 1. The van der Waals surface area contributed by atoms with Gasteiger partial charge in [-0.1, -0.05) is 60.7 Å². The van der Waals surface area contributed by atoms with E-state index in [0.717, 1.165) is 0 Å². The van der Waals surface area contributed by atoms with Crippen molar-refractivity contribution >= 4 is 17.9 Å². The van der Waals surface area contributed by atoms with E-state index in [0.29, 0.717) is 0 Å². The molecule has 0 radical (unpaired) electrons. The molecule has 1 saturated heterocycles. The van der Waals surface area contributed by atoms with Crippen LogP contribution in [0.4, 0.5) is 4.39 Å². The lowest BCUT2D eigenvalue weighted by atomic mass is 9.98. The van der Waals surface area contributed by atoms with E-state index >= 15 is 4.39 Å². The maximum Gasteiger partial charge on any atom is 0.338 e. The molecule has 0 N–H and O–H groups in total. The molecule has 0 amide bonds. The van der Waals surface area contributed by atoms with E-state index in [1.54, 1.807) is 54.6 Å². The first kappa shape index (κ1) is 27.7. The van der Waals surface area contributed by atoms with E-state index in [1.165, 1.54) is 42.5 Å². The summed E-state index contributed by atoms with van der Waals surface area (Å²) < 4.78 is 43.3. The zero-order valence-electron chi connectivity index (χ0n) is 20.9. The van der Waals surface area contributed by atoms with Crippen molar-refractivity contribution in [2.75, 3.05) is 13.2 Å². The van der Waals surface area contributed by atoms with Crippen molar-refractivity contribution in [2.24, 2.45) is 0 Å². The minimum absolute atomic E-state index is 0.108. The van der Waals surface area contributed by atoms with Gasteiger partial charge in [0, 0.05) is 0 Å². The van der Waals surface area contributed by atoms with Gasteiger partial charge in [0.2, 0.25) is 6.36 Å². The van der Waals surface area contributed by atoms with Crippen LogP contribution in [0.3, 0.4) is 0 Å². The average Bonchev–Trinajstić information content (AvgIpc) is 2.97. The molecule has 0 unspecified atom stereocenters. The first-order valence-electron chi connectivity index (χ1n) is 12.2. The van der Waals surface area contributed by atoms with Crippen LogP contribution in [-0.4, -0.2) is 61.9 Å². The smallest absolute Gasteiger partial charge is 0.338 e. The molecule has 3 aromatic rings. The summed E-state index contributed by atoms with van der Waals surface area (Å²) in [5.74, 6) is -2.48. The molecule has 1 aliphatic rings. The fourth-order valence-corrected chi connectivity index (χ4v) is 3.97. The number of rotatable bonds is 10. The molecule has 202 valence electrons. The van der Waals surface area contributed by atoms with Crippen LogP contribution in [0, 0.1) is 0 Å². The highest BCUT2D eigenvalue weighted by atomic mass is 19.1. The van der Waals surface area contributed by atoms with Gasteiger partial charge in [0.1, 0.15) is 6.10 Å². The second-order valence-electron chi connectivity index (χ2n) is 8.56. The number of esters is 3. The molecule has 3 aromatic carbocycles. The maximum atomic E-state index is 15.5. The molecule has 1 fully saturated rings. The number of carbonyl (C=O) groups is 3. The summed E-state index contributed by atoms with van der Waals surface area (Å²) in [6, 6.07) is 24.0. The van der Waals surface area contributed by atoms with Gasteiger partial charge in [0.15, 0.2) is 18.3 Å². The third-order valence-electron chi connectivity index (χ3n) is 5.85. The van der Waals surface area contributed by atoms with Crippen molar-refractivity contribution in [3.8, 4) is 0 Å². The molecule has 1 aliphatic heterocycles. The summed E-state index contributed by atoms with van der Waals surface area (Å²) >= 11 is 0. The zero-order valence-corrected chi connectivity index (χ0v) is 20.9. The summed E-state index contributed by atoms with van der Waals surface area (Å²) in [6.45, 7) is 3.46. The topological polar surface area (TPSA) is 97.4 Å². The second kappa shape index (κ2) is 13.5. The van der Waals surface area contributed by atoms with Gasteiger partial charge in [0.05, 0.1) is 29.9 Å². The Balaban J connectivity index is 1.68. The second-order valence-corrected chi connectivity index (χ2v) is 8.56. The lowest BCUT2D eigenvalue weighted by molar-refractivity contribution is -0.263. The van der Waals surface area contributed by atoms with E-state index < -0.39 is 48.7 Å². The lowest BCUT2D eigenvalue weighted by Crippen LogP contribution is -2.61. The predicted molar refractivity (Wildman–Crippen MR) is 138 cm³/mol. The Bertz CT molecular complexity index is 1250. The summed E-state index contributed by atoms with van der Waals surface area (Å²) in [5, 5.41) is 0. The van der Waals surface area contributed by atoms with Crippen molar-refractivity contribution in [3.63, 3.8) is 0 Å². The molecule has 0 spiro atoms. The Hall–Kier alpha value is -4.34. The lowest BCUT2D eigenvalue weighted by Gasteiger charge is -2.42. The number of hydrogen-bond donors (Lipinski definition) is 0. The minimum Gasteiger partial charge on any atom is -0.452 e. The number of hydrogen-bond acceptors (Lipinski definition) is 8. The van der Waals surface area contributed by atoms with Crippen molar-refractivity contribution in [2.45, 2.75) is 30.8 Å². The Kier molecular flexibility index (Phi) is 9.55. The highest BCUT2D eigenvalue weighted by Gasteiger charge is 2.53. The van der Waals surface area contributed by atoms with Crippen LogP contribution in [0.15, 0.2) is 104 Å². The Morgan fingerprint density at radius 2 is 1.10 bits per heavy atom. The Morgan fingerprint density at radius 3 is 1.54 bits per heavy atom. The highest BCUT2D eigenvalue weighted by Crippen LogP contribution is 2.31. The number of alkyl halides is 1. The van der Waals surface area contributed by atoms with Gasteiger partial charge in [-0.3, -0.25) is 0 Å². The van der Waals surface area contributed by atoms with Crippen LogP contribution < -0.4 is 0 Å². The standard InChI is InChI=1S/C30H27FO8/c1-2-18-35-19-23-24(37-28(32)20-12-6-3-7-13-20)25(38-29(33)21-14-8-4-9-15-21)26(27(31)36-23)39-30(34)22-16-10-5-11-17-22/h2-17,23-27H,1,18-19H2/t23-,24-,25+,26-,27-/m1/s1. The van der Waals surface area contributed by atoms with Gasteiger partial charge in [-0.2, -0.15) is 0 Å². The Morgan fingerprint density at radius 1 is 0.692 bits per heavy atom. The minimum atomic E-state index is -2.23. The molecule has 0 aromatic heterocycles. The SMILES string of the molecule is C=CCOC[C@H]1O[C@@H](F)[C@H](OC(=O)c2ccccc2)[C@@H](OC(=O)c2ccccc2)[C@@H]1OC(=O)c1ccccc1. The number of ether oxygens (including phenoxy) is 5. The zero-order chi connectivity index (χ0) is 27.6. The van der Waals surface area contributed by atoms with E-state index in [2.05, 4.69) is 6.58 Å². The summed E-state index contributed by atoms with van der Waals surface area (Å²) in [7, 11) is 0. The van der Waals surface area contributed by atoms with Gasteiger partial charge >= 0.3 is 17.9 Å². The van der Waals surface area contributed by atoms with Crippen LogP contribution in [0.25, 0.3) is 0 Å². The fourth-order valence-electron chi connectivity index (χ4n) is 3.97. The third kappa shape index (κ3) is 7.16. The maximum absolute atomic E-state index is 15.5. The van der Waals surface area contributed by atoms with Gasteiger partial charge in [-0.25, -0.2) is 18.8 Å². The van der Waals surface area contributed by atoms with E-state index in [-0.39, 0.29) is 29.9 Å². The van der Waals surface area contributed by atoms with Gasteiger partial charge in [-0.15, -0.1) is 6.58 Å². The van der Waals surface area contributed by atoms with Crippen LogP contribution in [-0.2, 0) is 23.7 Å². The molecule has 1 heterocycles. The molecule has 0 aliphatic carbocycles. The van der Waals surface area contributed by atoms with E-state index in [1.807, 2.05) is 0 Å². The van der Waals surface area contributed by atoms with Crippen LogP contribution in [0.1, 0.15) is 31.1 Å². The van der Waals surface area contributed by atoms with Crippen LogP contribution in [0.2, 0.25) is 0 Å². The summed E-state index contributed by atoms with van der Waals surface area (Å²) in [4.78, 5) is 39.0. The monoisotopic (exact) mass is 534 g/mol. The fraction of sp³-hybridized carbons (Fsp3) is 0.233. The van der Waals surface area contributed by atoms with Gasteiger partial charge in [0.25, 0.3) is 0 Å². The van der Waals surface area contributed by atoms with Crippen molar-refractivity contribution < 1.29 is 42.5 Å². The Labute approximate surface area is 224 Å². The molecule has 0 bridgehead atoms. The molecular weight excluding hydrogens is 507 g/mol. The average molecular weight is 535 g/mol. The molecular formula is C30H27FO8.